The number of hydrogen-bond donors (Lipinski definition) is 0. The molecule has 4 rings (SSSR count). The molecule has 2 saturated carbocycles. The van der Waals surface area contributed by atoms with Crippen molar-refractivity contribution in [2.45, 2.75) is 69.7 Å². The van der Waals surface area contributed by atoms with E-state index in [4.69, 9.17) is 4.98 Å². The van der Waals surface area contributed by atoms with Crippen LogP contribution >= 0.6 is 0 Å². The van der Waals surface area contributed by atoms with E-state index >= 15 is 0 Å². The van der Waals surface area contributed by atoms with Gasteiger partial charge in [-0.3, -0.25) is 0 Å². The van der Waals surface area contributed by atoms with Crippen molar-refractivity contribution >= 4 is 5.82 Å². The average molecular weight is 271 g/mol. The van der Waals surface area contributed by atoms with E-state index in [9.17, 15) is 0 Å². The first-order valence-electron chi connectivity index (χ1n) is 8.51. The third-order valence-electron chi connectivity index (χ3n) is 5.39. The highest BCUT2D eigenvalue weighted by Gasteiger charge is 2.34. The van der Waals surface area contributed by atoms with Crippen molar-refractivity contribution in [3.8, 4) is 0 Å². The van der Waals surface area contributed by atoms with Crippen LogP contribution in [0.4, 0.5) is 5.82 Å². The Balaban J connectivity index is 1.54. The third kappa shape index (κ3) is 2.43. The summed E-state index contributed by atoms with van der Waals surface area (Å²) in [5.74, 6) is 3.86. The van der Waals surface area contributed by atoms with Gasteiger partial charge >= 0.3 is 0 Å². The van der Waals surface area contributed by atoms with Crippen molar-refractivity contribution in [2.75, 3.05) is 11.4 Å². The minimum absolute atomic E-state index is 0.658. The first-order chi connectivity index (χ1) is 9.92. The van der Waals surface area contributed by atoms with Crippen LogP contribution in [0.1, 0.15) is 69.5 Å². The topological polar surface area (TPSA) is 29.0 Å². The average Bonchev–Trinajstić information content (AvgIpc) is 3.25. The number of nitrogens with zero attached hydrogens (tertiary/aromatic N) is 3. The van der Waals surface area contributed by atoms with Gasteiger partial charge in [0.15, 0.2) is 0 Å². The zero-order chi connectivity index (χ0) is 13.4. The Morgan fingerprint density at radius 1 is 0.950 bits per heavy atom. The minimum Gasteiger partial charge on any atom is -0.353 e. The van der Waals surface area contributed by atoms with Crippen LogP contribution in [0.25, 0.3) is 0 Å². The maximum absolute atomic E-state index is 4.88. The van der Waals surface area contributed by atoms with Gasteiger partial charge in [0.05, 0.1) is 0 Å². The van der Waals surface area contributed by atoms with Crippen molar-refractivity contribution in [1.82, 2.24) is 9.97 Å². The summed E-state index contributed by atoms with van der Waals surface area (Å²) in [5.41, 5.74) is 0. The molecule has 1 atom stereocenters. The molecule has 0 spiro atoms. The zero-order valence-electron chi connectivity index (χ0n) is 12.3. The normalized spacial score (nSPS) is 28.0. The number of aromatic nitrogens is 2. The summed E-state index contributed by atoms with van der Waals surface area (Å²) in [6.07, 6.45) is 14.4. The van der Waals surface area contributed by atoms with Gasteiger partial charge in [0.25, 0.3) is 0 Å². The van der Waals surface area contributed by atoms with Crippen LogP contribution in [0.5, 0.6) is 0 Å². The van der Waals surface area contributed by atoms with Crippen LogP contribution < -0.4 is 4.90 Å². The fourth-order valence-corrected chi connectivity index (χ4v) is 4.15. The van der Waals surface area contributed by atoms with E-state index in [1.807, 2.05) is 6.20 Å². The van der Waals surface area contributed by atoms with Crippen LogP contribution in [0.3, 0.4) is 0 Å². The van der Waals surface area contributed by atoms with Gasteiger partial charge < -0.3 is 4.90 Å². The number of anilines is 1. The molecule has 0 unspecified atom stereocenters. The van der Waals surface area contributed by atoms with E-state index in [0.29, 0.717) is 5.92 Å². The van der Waals surface area contributed by atoms with Crippen molar-refractivity contribution < 1.29 is 0 Å². The molecule has 1 saturated heterocycles. The third-order valence-corrected chi connectivity index (χ3v) is 5.39. The summed E-state index contributed by atoms with van der Waals surface area (Å²) < 4.78 is 0. The van der Waals surface area contributed by atoms with E-state index in [1.54, 1.807) is 0 Å². The molecule has 3 fully saturated rings. The van der Waals surface area contributed by atoms with Gasteiger partial charge in [0, 0.05) is 24.7 Å². The molecule has 20 heavy (non-hydrogen) atoms. The summed E-state index contributed by atoms with van der Waals surface area (Å²) in [6.45, 7) is 1.20. The van der Waals surface area contributed by atoms with Crippen molar-refractivity contribution in [3.63, 3.8) is 0 Å². The van der Waals surface area contributed by atoms with E-state index in [0.717, 1.165) is 17.8 Å². The summed E-state index contributed by atoms with van der Waals surface area (Å²) in [6, 6.07) is 2.88. The van der Waals surface area contributed by atoms with E-state index < -0.39 is 0 Å². The minimum atomic E-state index is 0.658. The van der Waals surface area contributed by atoms with E-state index in [-0.39, 0.29) is 0 Å². The Morgan fingerprint density at radius 3 is 2.60 bits per heavy atom. The SMILES string of the molecule is c1cc(N2CCC[C@H]2C2CCCCC2)nc(C2CC2)n1. The van der Waals surface area contributed by atoms with Gasteiger partial charge in [-0.1, -0.05) is 19.3 Å². The highest BCUT2D eigenvalue weighted by molar-refractivity contribution is 5.41. The van der Waals surface area contributed by atoms with Crippen LogP contribution in [0, 0.1) is 5.92 Å². The van der Waals surface area contributed by atoms with Gasteiger partial charge in [-0.2, -0.15) is 0 Å². The molecule has 0 N–H and O–H groups in total. The second kappa shape index (κ2) is 5.34. The summed E-state index contributed by atoms with van der Waals surface area (Å²) in [4.78, 5) is 11.9. The van der Waals surface area contributed by atoms with Gasteiger partial charge in [0.1, 0.15) is 11.6 Å². The highest BCUT2D eigenvalue weighted by Crippen LogP contribution is 2.40. The molecular weight excluding hydrogens is 246 g/mol. The lowest BCUT2D eigenvalue weighted by atomic mass is 9.83. The molecule has 1 aromatic rings. The van der Waals surface area contributed by atoms with Crippen molar-refractivity contribution in [1.29, 1.82) is 0 Å². The van der Waals surface area contributed by atoms with Crippen LogP contribution in [-0.4, -0.2) is 22.6 Å². The standard InChI is InChI=1S/C17H25N3/c1-2-5-13(6-3-1)15-7-4-12-20(15)16-10-11-18-17(19-16)14-8-9-14/h10-11,13-15H,1-9,12H2/t15-/m0/s1. The lowest BCUT2D eigenvalue weighted by molar-refractivity contribution is 0.304. The number of hydrogen-bond acceptors (Lipinski definition) is 3. The molecule has 2 aliphatic carbocycles. The summed E-state index contributed by atoms with van der Waals surface area (Å²) in [5, 5.41) is 0. The predicted octanol–water partition coefficient (Wildman–Crippen LogP) is 3.90. The highest BCUT2D eigenvalue weighted by atomic mass is 15.2. The molecule has 1 aliphatic heterocycles. The predicted molar refractivity (Wildman–Crippen MR) is 81.0 cm³/mol. The zero-order valence-corrected chi connectivity index (χ0v) is 12.3. The second-order valence-electron chi connectivity index (χ2n) is 6.85. The van der Waals surface area contributed by atoms with Crippen LogP contribution in [-0.2, 0) is 0 Å². The number of rotatable bonds is 3. The quantitative estimate of drug-likeness (QED) is 0.835. The molecule has 108 valence electrons. The maximum Gasteiger partial charge on any atom is 0.133 e. The first-order valence-corrected chi connectivity index (χ1v) is 8.51. The fraction of sp³-hybridized carbons (Fsp3) is 0.765. The molecule has 1 aromatic heterocycles. The van der Waals surface area contributed by atoms with Crippen LogP contribution in [0.2, 0.25) is 0 Å². The largest absolute Gasteiger partial charge is 0.353 e. The molecule has 3 heteroatoms. The Labute approximate surface area is 121 Å². The smallest absolute Gasteiger partial charge is 0.133 e. The van der Waals surface area contributed by atoms with Crippen molar-refractivity contribution in [3.05, 3.63) is 18.1 Å². The molecule has 0 bridgehead atoms. The van der Waals surface area contributed by atoms with E-state index in [2.05, 4.69) is 16.0 Å². The Kier molecular flexibility index (Phi) is 3.37. The second-order valence-corrected chi connectivity index (χ2v) is 6.85. The first kappa shape index (κ1) is 12.6. The Bertz CT molecular complexity index is 463. The molecule has 3 nitrogen and oxygen atoms in total. The molecule has 0 amide bonds. The lowest BCUT2D eigenvalue weighted by Crippen LogP contribution is -2.37. The fourth-order valence-electron chi connectivity index (χ4n) is 4.15. The molecule has 0 aromatic carbocycles. The summed E-state index contributed by atoms with van der Waals surface area (Å²) in [7, 11) is 0. The Morgan fingerprint density at radius 2 is 1.80 bits per heavy atom. The molecule has 0 radical (unpaired) electrons. The maximum atomic E-state index is 4.88. The van der Waals surface area contributed by atoms with Gasteiger partial charge in [-0.05, 0) is 50.5 Å². The lowest BCUT2D eigenvalue weighted by Gasteiger charge is -2.34. The van der Waals surface area contributed by atoms with Gasteiger partial charge in [-0.25, -0.2) is 9.97 Å². The van der Waals surface area contributed by atoms with Crippen molar-refractivity contribution in [2.24, 2.45) is 5.92 Å². The monoisotopic (exact) mass is 271 g/mol. The molecule has 2 heterocycles. The van der Waals surface area contributed by atoms with Crippen LogP contribution in [0.15, 0.2) is 12.3 Å². The van der Waals surface area contributed by atoms with Gasteiger partial charge in [0.2, 0.25) is 0 Å². The molecule has 3 aliphatic rings. The Hall–Kier alpha value is -1.12. The molecular formula is C17H25N3. The van der Waals surface area contributed by atoms with E-state index in [1.165, 1.54) is 70.2 Å². The summed E-state index contributed by atoms with van der Waals surface area (Å²) >= 11 is 0. The van der Waals surface area contributed by atoms with Gasteiger partial charge in [-0.15, -0.1) is 0 Å².